The predicted molar refractivity (Wildman–Crippen MR) is 123 cm³/mol. The van der Waals surface area contributed by atoms with Gasteiger partial charge < -0.3 is 20.1 Å². The number of carbonyl (C=O) groups excluding carboxylic acids is 2. The number of methoxy groups -OCH3 is 2. The number of anilines is 2. The van der Waals surface area contributed by atoms with E-state index in [-0.39, 0.29) is 11.4 Å². The Morgan fingerprint density at radius 3 is 1.97 bits per heavy atom. The Morgan fingerprint density at radius 1 is 0.844 bits per heavy atom. The van der Waals surface area contributed by atoms with Gasteiger partial charge in [0.05, 0.1) is 19.8 Å². The van der Waals surface area contributed by atoms with Gasteiger partial charge in [0.2, 0.25) is 0 Å². The molecule has 6 heteroatoms. The van der Waals surface area contributed by atoms with E-state index in [4.69, 9.17) is 9.47 Å². The predicted octanol–water partition coefficient (Wildman–Crippen LogP) is 5.59. The van der Waals surface area contributed by atoms with Crippen molar-refractivity contribution in [2.24, 2.45) is 17.8 Å². The molecule has 2 N–H and O–H groups in total. The topological polar surface area (TPSA) is 76.7 Å². The zero-order valence-corrected chi connectivity index (χ0v) is 18.6. The first-order valence-corrected chi connectivity index (χ1v) is 11.4. The van der Waals surface area contributed by atoms with E-state index in [1.807, 2.05) is 12.1 Å². The number of hydrogen-bond acceptors (Lipinski definition) is 4. The normalized spacial score (nSPS) is 27.6. The van der Waals surface area contributed by atoms with Crippen LogP contribution in [-0.2, 0) is 10.2 Å². The molecule has 0 radical (unpaired) electrons. The number of ether oxygens (including phenoxy) is 2. The van der Waals surface area contributed by atoms with Gasteiger partial charge in [-0.2, -0.15) is 0 Å². The molecule has 0 heterocycles. The molecule has 0 spiro atoms. The molecule has 4 aliphatic carbocycles. The van der Waals surface area contributed by atoms with Crippen molar-refractivity contribution < 1.29 is 19.1 Å². The highest BCUT2D eigenvalue weighted by Gasteiger charge is 2.52. The molecule has 0 saturated heterocycles. The molecular weight excluding hydrogens is 404 g/mol. The molecule has 4 fully saturated rings. The molecule has 0 atom stereocenters. The van der Waals surface area contributed by atoms with Crippen LogP contribution in [0.4, 0.5) is 16.2 Å². The second-order valence-corrected chi connectivity index (χ2v) is 9.76. The molecule has 0 aromatic heterocycles. The summed E-state index contributed by atoms with van der Waals surface area (Å²) in [6, 6.07) is 12.3. The zero-order chi connectivity index (χ0) is 22.3. The van der Waals surface area contributed by atoms with Crippen LogP contribution in [0.2, 0.25) is 0 Å². The number of hydrogen-bond donors (Lipinski definition) is 2. The maximum absolute atomic E-state index is 12.6. The van der Waals surface area contributed by atoms with Crippen LogP contribution < -0.4 is 15.4 Å². The molecule has 2 amide bonds. The fourth-order valence-electron chi connectivity index (χ4n) is 6.74. The summed E-state index contributed by atoms with van der Waals surface area (Å²) >= 11 is 0. The fraction of sp³-hybridized carbons (Fsp3) is 0.462. The Bertz CT molecular complexity index is 995. The molecule has 4 aliphatic rings. The van der Waals surface area contributed by atoms with Crippen molar-refractivity contribution in [1.82, 2.24) is 0 Å². The van der Waals surface area contributed by atoms with Crippen LogP contribution in [0.3, 0.4) is 0 Å². The fourth-order valence-corrected chi connectivity index (χ4v) is 6.74. The van der Waals surface area contributed by atoms with E-state index >= 15 is 0 Å². The minimum atomic E-state index is -0.406. The molecule has 6 nitrogen and oxygen atoms in total. The summed E-state index contributed by atoms with van der Waals surface area (Å²) in [5.74, 6) is 3.02. The van der Waals surface area contributed by atoms with Crippen LogP contribution in [0.5, 0.6) is 5.75 Å². The summed E-state index contributed by atoms with van der Waals surface area (Å²) in [5.41, 5.74) is 3.23. The highest BCUT2D eigenvalue weighted by Crippen LogP contribution is 2.62. The van der Waals surface area contributed by atoms with E-state index in [9.17, 15) is 9.59 Å². The third-order valence-corrected chi connectivity index (χ3v) is 7.63. The quantitative estimate of drug-likeness (QED) is 0.601. The minimum absolute atomic E-state index is 0.179. The van der Waals surface area contributed by atoms with Crippen molar-refractivity contribution in [3.05, 3.63) is 53.6 Å². The van der Waals surface area contributed by atoms with Crippen LogP contribution in [-0.4, -0.2) is 26.2 Å². The first kappa shape index (κ1) is 20.9. The van der Waals surface area contributed by atoms with Gasteiger partial charge in [-0.1, -0.05) is 0 Å². The highest BCUT2D eigenvalue weighted by atomic mass is 16.5. The number of benzene rings is 2. The van der Waals surface area contributed by atoms with Gasteiger partial charge >= 0.3 is 12.0 Å². The second kappa shape index (κ2) is 8.15. The van der Waals surface area contributed by atoms with Crippen molar-refractivity contribution >= 4 is 23.4 Å². The van der Waals surface area contributed by atoms with Gasteiger partial charge in [0.25, 0.3) is 0 Å². The summed E-state index contributed by atoms with van der Waals surface area (Å²) < 4.78 is 10.5. The lowest BCUT2D eigenvalue weighted by Gasteiger charge is -2.57. The summed E-state index contributed by atoms with van der Waals surface area (Å²) in [5, 5.41) is 5.79. The number of urea groups is 1. The molecule has 0 aliphatic heterocycles. The average molecular weight is 435 g/mol. The maximum Gasteiger partial charge on any atom is 0.337 e. The largest absolute Gasteiger partial charge is 0.496 e. The number of esters is 1. The molecule has 6 rings (SSSR count). The molecule has 2 aromatic rings. The number of rotatable bonds is 5. The summed E-state index contributed by atoms with van der Waals surface area (Å²) in [6.45, 7) is 0. The number of amides is 2. The first-order valence-electron chi connectivity index (χ1n) is 11.4. The second-order valence-electron chi connectivity index (χ2n) is 9.76. The smallest absolute Gasteiger partial charge is 0.337 e. The molecule has 4 saturated carbocycles. The van der Waals surface area contributed by atoms with Gasteiger partial charge in [-0.15, -0.1) is 0 Å². The zero-order valence-electron chi connectivity index (χ0n) is 18.6. The minimum Gasteiger partial charge on any atom is -0.496 e. The summed E-state index contributed by atoms with van der Waals surface area (Å²) in [4.78, 5) is 24.2. The summed E-state index contributed by atoms with van der Waals surface area (Å²) in [7, 11) is 3.08. The molecular formula is C26H30N2O4. The average Bonchev–Trinajstić information content (AvgIpc) is 2.78. The lowest BCUT2D eigenvalue weighted by atomic mass is 9.48. The Balaban J connectivity index is 1.33. The van der Waals surface area contributed by atoms with Crippen molar-refractivity contribution in [3.63, 3.8) is 0 Å². The molecule has 32 heavy (non-hydrogen) atoms. The van der Waals surface area contributed by atoms with E-state index in [0.717, 1.165) is 29.2 Å². The van der Waals surface area contributed by atoms with Gasteiger partial charge in [0.15, 0.2) is 0 Å². The summed E-state index contributed by atoms with van der Waals surface area (Å²) in [6.07, 6.45) is 7.86. The Labute approximate surface area is 188 Å². The standard InChI is InChI=1S/C26H30N2O4/c1-31-23-8-7-21(28-25(30)27-20-5-3-19(4-6-20)24(29)32-2)12-22(23)26-13-16-9-17(14-26)11-18(10-16)15-26/h3-8,12,16-18H,9-11,13-15H2,1-2H3,(H2,27,28,30). The van der Waals surface area contributed by atoms with E-state index in [2.05, 4.69) is 16.7 Å². The number of nitrogens with one attached hydrogen (secondary N) is 2. The first-order chi connectivity index (χ1) is 15.5. The Hall–Kier alpha value is -3.02. The van der Waals surface area contributed by atoms with Crippen LogP contribution in [0.25, 0.3) is 0 Å². The van der Waals surface area contributed by atoms with Gasteiger partial charge in [-0.05, 0) is 104 Å². The van der Waals surface area contributed by atoms with E-state index in [1.165, 1.54) is 51.2 Å². The monoisotopic (exact) mass is 434 g/mol. The molecule has 2 aromatic carbocycles. The van der Waals surface area contributed by atoms with Crippen molar-refractivity contribution in [3.8, 4) is 5.75 Å². The van der Waals surface area contributed by atoms with Crippen molar-refractivity contribution in [1.29, 1.82) is 0 Å². The third kappa shape index (κ3) is 3.83. The lowest BCUT2D eigenvalue weighted by Crippen LogP contribution is -2.48. The van der Waals surface area contributed by atoms with Gasteiger partial charge in [0.1, 0.15) is 5.75 Å². The van der Waals surface area contributed by atoms with Crippen LogP contribution in [0, 0.1) is 17.8 Å². The van der Waals surface area contributed by atoms with Gasteiger partial charge in [-0.25, -0.2) is 9.59 Å². The lowest BCUT2D eigenvalue weighted by molar-refractivity contribution is -0.00613. The van der Waals surface area contributed by atoms with Gasteiger partial charge in [-0.3, -0.25) is 0 Å². The van der Waals surface area contributed by atoms with Gasteiger partial charge in [0, 0.05) is 16.9 Å². The van der Waals surface area contributed by atoms with E-state index < -0.39 is 5.97 Å². The Kier molecular flexibility index (Phi) is 5.31. The van der Waals surface area contributed by atoms with E-state index in [0.29, 0.717) is 11.3 Å². The van der Waals surface area contributed by atoms with E-state index in [1.54, 1.807) is 31.4 Å². The Morgan fingerprint density at radius 2 is 1.41 bits per heavy atom. The maximum atomic E-state index is 12.6. The molecule has 0 unspecified atom stereocenters. The third-order valence-electron chi connectivity index (χ3n) is 7.63. The molecule has 4 bridgehead atoms. The highest BCUT2D eigenvalue weighted by molar-refractivity contribution is 6.00. The van der Waals surface area contributed by atoms with Crippen LogP contribution in [0.1, 0.15) is 54.4 Å². The number of carbonyl (C=O) groups is 2. The molecule has 168 valence electrons. The van der Waals surface area contributed by atoms with Crippen LogP contribution >= 0.6 is 0 Å². The van der Waals surface area contributed by atoms with Crippen molar-refractivity contribution in [2.45, 2.75) is 43.9 Å². The van der Waals surface area contributed by atoms with Crippen LogP contribution in [0.15, 0.2) is 42.5 Å². The van der Waals surface area contributed by atoms with Crippen molar-refractivity contribution in [2.75, 3.05) is 24.9 Å². The SMILES string of the molecule is COC(=O)c1ccc(NC(=O)Nc2ccc(OC)c(C34CC5CC(CC(C5)C3)C4)c2)cc1.